The van der Waals surface area contributed by atoms with Crippen LogP contribution in [0.4, 0.5) is 10.8 Å². The van der Waals surface area contributed by atoms with E-state index in [2.05, 4.69) is 27.1 Å². The molecule has 3 heterocycles. The molecule has 172 valence electrons. The third-order valence-corrected chi connectivity index (χ3v) is 6.60. The van der Waals surface area contributed by atoms with Crippen molar-refractivity contribution in [3.8, 4) is 0 Å². The van der Waals surface area contributed by atoms with Gasteiger partial charge in [0.2, 0.25) is 11.5 Å². The smallest absolute Gasteiger partial charge is 0.258 e. The first-order chi connectivity index (χ1) is 15.9. The molecule has 0 aliphatic carbocycles. The number of hydrogen-bond donors (Lipinski definition) is 2. The number of thiazole rings is 1. The lowest BCUT2D eigenvalue weighted by Gasteiger charge is -2.37. The van der Waals surface area contributed by atoms with Crippen molar-refractivity contribution in [3.63, 3.8) is 0 Å². The molecule has 0 bridgehead atoms. The highest BCUT2D eigenvalue weighted by Gasteiger charge is 2.22. The number of rotatable bonds is 6. The molecule has 0 atom stereocenters. The summed E-state index contributed by atoms with van der Waals surface area (Å²) in [7, 11) is 0. The van der Waals surface area contributed by atoms with Crippen molar-refractivity contribution in [3.05, 3.63) is 74.1 Å². The van der Waals surface area contributed by atoms with Gasteiger partial charge in [-0.25, -0.2) is 4.98 Å². The summed E-state index contributed by atoms with van der Waals surface area (Å²) in [5, 5.41) is 5.73. The molecule has 2 amide bonds. The van der Waals surface area contributed by atoms with E-state index in [1.54, 1.807) is 0 Å². The number of nitrogens with zero attached hydrogens (tertiary/aromatic N) is 3. The van der Waals surface area contributed by atoms with Crippen LogP contribution in [0.3, 0.4) is 0 Å². The second-order valence-corrected chi connectivity index (χ2v) is 9.13. The summed E-state index contributed by atoms with van der Waals surface area (Å²) in [4.78, 5) is 47.1. The van der Waals surface area contributed by atoms with Gasteiger partial charge in [-0.15, -0.1) is 11.3 Å². The number of amides is 2. The number of pyridine rings is 1. The van der Waals surface area contributed by atoms with Gasteiger partial charge in [0, 0.05) is 61.0 Å². The van der Waals surface area contributed by atoms with E-state index < -0.39 is 0 Å². The van der Waals surface area contributed by atoms with Crippen molar-refractivity contribution in [1.82, 2.24) is 14.9 Å². The maximum atomic E-state index is 12.7. The number of H-pyrrole nitrogens is 1. The Labute approximate surface area is 200 Å². The summed E-state index contributed by atoms with van der Waals surface area (Å²) in [6.45, 7) is 4.94. The average molecular weight is 486 g/mol. The molecule has 33 heavy (non-hydrogen) atoms. The first kappa shape index (κ1) is 23.0. The van der Waals surface area contributed by atoms with Gasteiger partial charge in [-0.1, -0.05) is 17.7 Å². The third kappa shape index (κ3) is 5.80. The summed E-state index contributed by atoms with van der Waals surface area (Å²) >= 11 is 7.45. The fourth-order valence-corrected chi connectivity index (χ4v) is 4.62. The molecule has 2 N–H and O–H groups in total. The largest absolute Gasteiger partial charge is 0.368 e. The lowest BCUT2D eigenvalue weighted by Crippen LogP contribution is -2.49. The Morgan fingerprint density at radius 2 is 1.97 bits per heavy atom. The Bertz CT molecular complexity index is 1200. The number of benzene rings is 1. The number of carbonyl (C=O) groups is 2. The minimum absolute atomic E-state index is 0.101. The number of hydrogen-bond acceptors (Lipinski definition) is 6. The standard InChI is InChI=1S/C23H24ClN5O3S/c1-15-2-4-17(24)12-19(15)28-8-10-29(11-9-28)21(31)7-5-18-14-33-23(26-18)27-22(32)16-3-6-20(30)25-13-16/h2-4,6,12-14H,5,7-11H2,1H3,(H,25,30)(H,26,27,32). The molecule has 1 aliphatic rings. The second-order valence-electron chi connectivity index (χ2n) is 7.84. The van der Waals surface area contributed by atoms with Gasteiger partial charge >= 0.3 is 0 Å². The van der Waals surface area contributed by atoms with Crippen LogP contribution in [0, 0.1) is 6.92 Å². The fraction of sp³-hybridized carbons (Fsp3) is 0.304. The molecule has 3 aromatic rings. The highest BCUT2D eigenvalue weighted by molar-refractivity contribution is 7.14. The van der Waals surface area contributed by atoms with Crippen molar-refractivity contribution in [2.75, 3.05) is 36.4 Å². The number of aromatic nitrogens is 2. The zero-order valence-electron chi connectivity index (χ0n) is 18.1. The maximum Gasteiger partial charge on any atom is 0.258 e. The molecule has 0 spiro atoms. The van der Waals surface area contributed by atoms with Gasteiger partial charge in [-0.3, -0.25) is 19.7 Å². The van der Waals surface area contributed by atoms with Crippen LogP contribution in [0.1, 0.15) is 28.0 Å². The highest BCUT2D eigenvalue weighted by Crippen LogP contribution is 2.25. The van der Waals surface area contributed by atoms with Gasteiger partial charge in [0.15, 0.2) is 5.13 Å². The van der Waals surface area contributed by atoms with Gasteiger partial charge in [0.1, 0.15) is 0 Å². The molecule has 1 aromatic carbocycles. The highest BCUT2D eigenvalue weighted by atomic mass is 35.5. The molecule has 0 unspecified atom stereocenters. The van der Waals surface area contributed by atoms with E-state index in [0.29, 0.717) is 41.6 Å². The van der Waals surface area contributed by atoms with Crippen LogP contribution in [0.25, 0.3) is 0 Å². The lowest BCUT2D eigenvalue weighted by atomic mass is 10.1. The van der Waals surface area contributed by atoms with E-state index in [9.17, 15) is 14.4 Å². The Balaban J connectivity index is 1.25. The maximum absolute atomic E-state index is 12.7. The quantitative estimate of drug-likeness (QED) is 0.558. The molecule has 8 nitrogen and oxygen atoms in total. The Kier molecular flexibility index (Phi) is 7.10. The van der Waals surface area contributed by atoms with Crippen molar-refractivity contribution in [2.45, 2.75) is 19.8 Å². The predicted octanol–water partition coefficient (Wildman–Crippen LogP) is 3.33. The lowest BCUT2D eigenvalue weighted by molar-refractivity contribution is -0.131. The van der Waals surface area contributed by atoms with Crippen molar-refractivity contribution < 1.29 is 9.59 Å². The summed E-state index contributed by atoms with van der Waals surface area (Å²) in [5.74, 6) is -0.250. The monoisotopic (exact) mass is 485 g/mol. The minimum atomic E-state index is -0.351. The molecule has 1 aliphatic heterocycles. The molecule has 0 radical (unpaired) electrons. The molecular formula is C23H24ClN5O3S. The zero-order chi connectivity index (χ0) is 23.4. The third-order valence-electron chi connectivity index (χ3n) is 5.56. The number of halogens is 1. The first-order valence-corrected chi connectivity index (χ1v) is 11.9. The Morgan fingerprint density at radius 3 is 2.70 bits per heavy atom. The van der Waals surface area contributed by atoms with Crippen molar-refractivity contribution in [2.24, 2.45) is 0 Å². The van der Waals surface area contributed by atoms with Crippen LogP contribution in [-0.4, -0.2) is 52.9 Å². The SMILES string of the molecule is Cc1ccc(Cl)cc1N1CCN(C(=O)CCc2csc(NC(=O)c3ccc(=O)[nH]c3)n2)CC1. The van der Waals surface area contributed by atoms with E-state index in [4.69, 9.17) is 11.6 Å². The molecule has 1 saturated heterocycles. The van der Waals surface area contributed by atoms with E-state index >= 15 is 0 Å². The first-order valence-electron chi connectivity index (χ1n) is 10.6. The molecule has 0 saturated carbocycles. The van der Waals surface area contributed by atoms with E-state index in [1.165, 1.54) is 35.2 Å². The molecule has 4 rings (SSSR count). The molecule has 2 aromatic heterocycles. The van der Waals surface area contributed by atoms with Crippen LogP contribution in [-0.2, 0) is 11.2 Å². The van der Waals surface area contributed by atoms with Gasteiger partial charge < -0.3 is 14.8 Å². The van der Waals surface area contributed by atoms with Gasteiger partial charge in [0.05, 0.1) is 11.3 Å². The van der Waals surface area contributed by atoms with Gasteiger partial charge in [-0.05, 0) is 37.1 Å². The van der Waals surface area contributed by atoms with Crippen LogP contribution < -0.4 is 15.8 Å². The second kappa shape index (κ2) is 10.2. The van der Waals surface area contributed by atoms with E-state index in [-0.39, 0.29) is 17.4 Å². The predicted molar refractivity (Wildman–Crippen MR) is 130 cm³/mol. The topological polar surface area (TPSA) is 98.4 Å². The number of piperazine rings is 1. The number of carbonyl (C=O) groups excluding carboxylic acids is 2. The van der Waals surface area contributed by atoms with Crippen LogP contribution in [0.5, 0.6) is 0 Å². The van der Waals surface area contributed by atoms with Crippen LogP contribution >= 0.6 is 22.9 Å². The molecular weight excluding hydrogens is 462 g/mol. The van der Waals surface area contributed by atoms with Crippen LogP contribution in [0.15, 0.2) is 46.7 Å². The fourth-order valence-electron chi connectivity index (χ4n) is 3.71. The minimum Gasteiger partial charge on any atom is -0.368 e. The van der Waals surface area contributed by atoms with Crippen molar-refractivity contribution >= 4 is 45.6 Å². The number of nitrogens with one attached hydrogen (secondary N) is 2. The molecule has 1 fully saturated rings. The number of anilines is 2. The van der Waals surface area contributed by atoms with Gasteiger partial charge in [-0.2, -0.15) is 0 Å². The van der Waals surface area contributed by atoms with Gasteiger partial charge in [0.25, 0.3) is 5.91 Å². The summed E-state index contributed by atoms with van der Waals surface area (Å²) < 4.78 is 0. The van der Waals surface area contributed by atoms with E-state index in [0.717, 1.165) is 24.5 Å². The summed E-state index contributed by atoms with van der Waals surface area (Å²) in [6, 6.07) is 8.63. The normalized spacial score (nSPS) is 13.8. The van der Waals surface area contributed by atoms with E-state index in [1.807, 2.05) is 28.5 Å². The molecule has 10 heteroatoms. The summed E-state index contributed by atoms with van der Waals surface area (Å²) in [5.41, 5.74) is 3.13. The van der Waals surface area contributed by atoms with Crippen molar-refractivity contribution in [1.29, 1.82) is 0 Å². The Morgan fingerprint density at radius 1 is 1.18 bits per heavy atom. The Hall–Kier alpha value is -3.17. The van der Waals surface area contributed by atoms with Crippen LogP contribution in [0.2, 0.25) is 5.02 Å². The average Bonchev–Trinajstić information content (AvgIpc) is 3.27. The zero-order valence-corrected chi connectivity index (χ0v) is 19.7. The summed E-state index contributed by atoms with van der Waals surface area (Å²) in [6.07, 6.45) is 2.24. The number of aromatic amines is 1. The number of aryl methyl sites for hydroxylation is 2.